The number of alkyl halides is 1. The predicted molar refractivity (Wildman–Crippen MR) is 66.3 cm³/mol. The minimum atomic E-state index is -0.117. The Bertz CT molecular complexity index is 179. The van der Waals surface area contributed by atoms with Gasteiger partial charge in [0, 0.05) is 7.11 Å². The van der Waals surface area contributed by atoms with Crippen LogP contribution in [-0.4, -0.2) is 30.5 Å². The number of amides is 1. The Labute approximate surface area is 101 Å². The Morgan fingerprint density at radius 2 is 2.07 bits per heavy atom. The lowest BCUT2D eigenvalue weighted by Gasteiger charge is -2.20. The SMILES string of the molecule is CCCC(COC)NC(=O)C(Br)C(C)C. The highest BCUT2D eigenvalue weighted by Crippen LogP contribution is 2.12. The van der Waals surface area contributed by atoms with E-state index >= 15 is 0 Å². The van der Waals surface area contributed by atoms with Gasteiger partial charge in [0.1, 0.15) is 0 Å². The molecular formula is C11H22BrNO2. The maximum absolute atomic E-state index is 11.7. The molecule has 0 saturated carbocycles. The van der Waals surface area contributed by atoms with Crippen molar-refractivity contribution in [2.75, 3.05) is 13.7 Å². The fourth-order valence-corrected chi connectivity index (χ4v) is 1.46. The van der Waals surface area contributed by atoms with Crippen molar-refractivity contribution in [2.24, 2.45) is 5.92 Å². The molecule has 90 valence electrons. The highest BCUT2D eigenvalue weighted by atomic mass is 79.9. The highest BCUT2D eigenvalue weighted by Gasteiger charge is 2.21. The van der Waals surface area contributed by atoms with Crippen LogP contribution in [0.25, 0.3) is 0 Å². The number of hydrogen-bond acceptors (Lipinski definition) is 2. The lowest BCUT2D eigenvalue weighted by Crippen LogP contribution is -2.43. The quantitative estimate of drug-likeness (QED) is 0.727. The van der Waals surface area contributed by atoms with Gasteiger partial charge in [-0.3, -0.25) is 4.79 Å². The fourth-order valence-electron chi connectivity index (χ4n) is 1.33. The molecule has 0 aromatic heterocycles. The molecule has 0 aromatic carbocycles. The molecule has 1 N–H and O–H groups in total. The molecule has 0 radical (unpaired) electrons. The van der Waals surface area contributed by atoms with Crippen LogP contribution in [0.3, 0.4) is 0 Å². The predicted octanol–water partition coefficient (Wildman–Crippen LogP) is 2.34. The maximum atomic E-state index is 11.7. The standard InChI is InChI=1S/C11H22BrNO2/c1-5-6-9(7-15-4)13-11(14)10(12)8(2)3/h8-10H,5-7H2,1-4H3,(H,13,14). The first-order valence-corrected chi connectivity index (χ1v) is 6.37. The number of carbonyl (C=O) groups excluding carboxylic acids is 1. The van der Waals surface area contributed by atoms with Crippen molar-refractivity contribution in [2.45, 2.75) is 44.5 Å². The van der Waals surface area contributed by atoms with Crippen LogP contribution in [0.5, 0.6) is 0 Å². The molecule has 0 aliphatic heterocycles. The van der Waals surface area contributed by atoms with Gasteiger partial charge in [0.25, 0.3) is 0 Å². The van der Waals surface area contributed by atoms with Crippen LogP contribution in [0.1, 0.15) is 33.6 Å². The molecule has 0 heterocycles. The summed E-state index contributed by atoms with van der Waals surface area (Å²) in [5, 5.41) is 2.99. The summed E-state index contributed by atoms with van der Waals surface area (Å²) in [6.07, 6.45) is 2.00. The van der Waals surface area contributed by atoms with Crippen LogP contribution < -0.4 is 5.32 Å². The molecule has 0 aliphatic carbocycles. The number of rotatable bonds is 7. The summed E-state index contributed by atoms with van der Waals surface area (Å²) in [6.45, 7) is 6.72. The van der Waals surface area contributed by atoms with Crippen LogP contribution in [0.4, 0.5) is 0 Å². The zero-order valence-corrected chi connectivity index (χ0v) is 11.6. The molecule has 2 unspecified atom stereocenters. The number of halogens is 1. The van der Waals surface area contributed by atoms with Gasteiger partial charge in [0.05, 0.1) is 17.5 Å². The number of hydrogen-bond donors (Lipinski definition) is 1. The summed E-state index contributed by atoms with van der Waals surface area (Å²) in [6, 6.07) is 0.131. The molecule has 0 aromatic rings. The van der Waals surface area contributed by atoms with Gasteiger partial charge in [-0.2, -0.15) is 0 Å². The molecule has 0 fully saturated rings. The van der Waals surface area contributed by atoms with Gasteiger partial charge in [-0.05, 0) is 12.3 Å². The van der Waals surface area contributed by atoms with E-state index in [1.807, 2.05) is 13.8 Å². The second-order valence-corrected chi connectivity index (χ2v) is 5.08. The Balaban J connectivity index is 4.09. The Hall–Kier alpha value is -0.0900. The molecule has 15 heavy (non-hydrogen) atoms. The normalized spacial score (nSPS) is 15.1. The minimum Gasteiger partial charge on any atom is -0.383 e. The third-order valence-electron chi connectivity index (χ3n) is 2.19. The van der Waals surface area contributed by atoms with Crippen LogP contribution in [0.2, 0.25) is 0 Å². The Kier molecular flexibility index (Phi) is 8.06. The summed E-state index contributed by atoms with van der Waals surface area (Å²) in [4.78, 5) is 11.6. The number of carbonyl (C=O) groups is 1. The molecule has 3 nitrogen and oxygen atoms in total. The van der Waals surface area contributed by atoms with Crippen molar-refractivity contribution in [1.82, 2.24) is 5.32 Å². The molecule has 0 spiro atoms. The van der Waals surface area contributed by atoms with Crippen molar-refractivity contribution in [3.05, 3.63) is 0 Å². The van der Waals surface area contributed by atoms with Gasteiger partial charge in [-0.25, -0.2) is 0 Å². The van der Waals surface area contributed by atoms with Crippen LogP contribution in [0, 0.1) is 5.92 Å². The molecule has 2 atom stereocenters. The number of methoxy groups -OCH3 is 1. The van der Waals surface area contributed by atoms with Crippen molar-refractivity contribution < 1.29 is 9.53 Å². The van der Waals surface area contributed by atoms with E-state index in [4.69, 9.17) is 4.74 Å². The second kappa shape index (κ2) is 8.11. The summed E-state index contributed by atoms with van der Waals surface area (Å²) in [7, 11) is 1.66. The lowest BCUT2D eigenvalue weighted by molar-refractivity contribution is -0.122. The highest BCUT2D eigenvalue weighted by molar-refractivity contribution is 9.10. The molecule has 1 amide bonds. The fraction of sp³-hybridized carbons (Fsp3) is 0.909. The first kappa shape index (κ1) is 14.9. The third kappa shape index (κ3) is 6.15. The van der Waals surface area contributed by atoms with E-state index in [0.29, 0.717) is 12.5 Å². The lowest BCUT2D eigenvalue weighted by atomic mass is 10.1. The first-order chi connectivity index (χ1) is 7.02. The van der Waals surface area contributed by atoms with E-state index in [1.165, 1.54) is 0 Å². The monoisotopic (exact) mass is 279 g/mol. The molecule has 4 heteroatoms. The molecule has 0 rings (SSSR count). The minimum absolute atomic E-state index is 0.0560. The summed E-state index contributed by atoms with van der Waals surface area (Å²) >= 11 is 3.39. The Morgan fingerprint density at radius 3 is 2.47 bits per heavy atom. The largest absolute Gasteiger partial charge is 0.383 e. The van der Waals surface area contributed by atoms with Crippen LogP contribution in [0.15, 0.2) is 0 Å². The summed E-state index contributed by atoms with van der Waals surface area (Å²) in [5.74, 6) is 0.357. The van der Waals surface area contributed by atoms with E-state index in [9.17, 15) is 4.79 Å². The molecule has 0 aliphatic rings. The van der Waals surface area contributed by atoms with Gasteiger partial charge in [-0.15, -0.1) is 0 Å². The average molecular weight is 280 g/mol. The van der Waals surface area contributed by atoms with E-state index in [-0.39, 0.29) is 16.8 Å². The zero-order chi connectivity index (χ0) is 11.8. The van der Waals surface area contributed by atoms with E-state index in [1.54, 1.807) is 7.11 Å². The van der Waals surface area contributed by atoms with Crippen LogP contribution in [-0.2, 0) is 9.53 Å². The smallest absolute Gasteiger partial charge is 0.234 e. The van der Waals surface area contributed by atoms with Crippen molar-refractivity contribution in [3.63, 3.8) is 0 Å². The summed E-state index contributed by atoms with van der Waals surface area (Å²) in [5.41, 5.74) is 0. The van der Waals surface area contributed by atoms with Gasteiger partial charge in [0.15, 0.2) is 0 Å². The van der Waals surface area contributed by atoms with E-state index in [2.05, 4.69) is 28.2 Å². The average Bonchev–Trinajstić information content (AvgIpc) is 2.17. The maximum Gasteiger partial charge on any atom is 0.234 e. The zero-order valence-electron chi connectivity index (χ0n) is 10.0. The second-order valence-electron chi connectivity index (χ2n) is 4.10. The van der Waals surface area contributed by atoms with Gasteiger partial charge < -0.3 is 10.1 Å². The molecular weight excluding hydrogens is 258 g/mol. The van der Waals surface area contributed by atoms with E-state index < -0.39 is 0 Å². The molecule has 0 bridgehead atoms. The van der Waals surface area contributed by atoms with Crippen molar-refractivity contribution >= 4 is 21.8 Å². The number of ether oxygens (including phenoxy) is 1. The van der Waals surface area contributed by atoms with E-state index in [0.717, 1.165) is 12.8 Å². The topological polar surface area (TPSA) is 38.3 Å². The van der Waals surface area contributed by atoms with Crippen molar-refractivity contribution in [3.8, 4) is 0 Å². The molecule has 0 saturated heterocycles. The van der Waals surface area contributed by atoms with Gasteiger partial charge >= 0.3 is 0 Å². The van der Waals surface area contributed by atoms with Crippen molar-refractivity contribution in [1.29, 1.82) is 0 Å². The number of nitrogens with one attached hydrogen (secondary N) is 1. The summed E-state index contributed by atoms with van der Waals surface area (Å²) < 4.78 is 5.07. The third-order valence-corrected chi connectivity index (χ3v) is 3.66. The Morgan fingerprint density at radius 1 is 1.47 bits per heavy atom. The van der Waals surface area contributed by atoms with Crippen LogP contribution >= 0.6 is 15.9 Å². The van der Waals surface area contributed by atoms with Gasteiger partial charge in [0.2, 0.25) is 5.91 Å². The van der Waals surface area contributed by atoms with Gasteiger partial charge in [-0.1, -0.05) is 43.1 Å². The first-order valence-electron chi connectivity index (χ1n) is 5.46.